The molecule has 3 heteroatoms. The highest BCUT2D eigenvalue weighted by Crippen LogP contribution is 2.31. The summed E-state index contributed by atoms with van der Waals surface area (Å²) in [4.78, 5) is 0. The number of hydrogen-bond acceptors (Lipinski definition) is 3. The lowest BCUT2D eigenvalue weighted by Crippen LogP contribution is -2.25. The zero-order valence-electron chi connectivity index (χ0n) is 5.25. The Morgan fingerprint density at radius 2 is 2.33 bits per heavy atom. The maximum absolute atomic E-state index is 10.8. The first-order valence-corrected chi connectivity index (χ1v) is 3.43. The van der Waals surface area contributed by atoms with Crippen molar-refractivity contribution in [3.8, 4) is 0 Å². The third-order valence-electron chi connectivity index (χ3n) is 2.18. The molecule has 0 aromatic heterocycles. The van der Waals surface area contributed by atoms with Crippen LogP contribution in [0.15, 0.2) is 0 Å². The fourth-order valence-electron chi connectivity index (χ4n) is 1.64. The topological polar surface area (TPSA) is 35.5 Å². The predicted octanol–water partition coefficient (Wildman–Crippen LogP) is 0.552. The molecule has 0 radical (unpaired) electrons. The van der Waals surface area contributed by atoms with Crippen LogP contribution in [-0.2, 0) is 4.74 Å². The molecule has 2 unspecified atom stereocenters. The van der Waals surface area contributed by atoms with Gasteiger partial charge in [-0.2, -0.15) is 0 Å². The van der Waals surface area contributed by atoms with E-state index in [1.807, 2.05) is 0 Å². The molecule has 0 aliphatic carbocycles. The molecule has 0 aromatic rings. The van der Waals surface area contributed by atoms with Gasteiger partial charge in [0.05, 0.1) is 0 Å². The molecule has 2 aliphatic rings. The minimum absolute atomic E-state index is 0.0787. The van der Waals surface area contributed by atoms with Crippen molar-refractivity contribution in [2.75, 3.05) is 13.2 Å². The molecule has 0 bridgehead atoms. The van der Waals surface area contributed by atoms with E-state index in [-0.39, 0.29) is 6.23 Å². The van der Waals surface area contributed by atoms with Gasteiger partial charge in [0.1, 0.15) is 6.23 Å². The van der Waals surface area contributed by atoms with E-state index in [0.29, 0.717) is 12.5 Å². The molecule has 9 heavy (non-hydrogen) atoms. The molecule has 2 saturated heterocycles. The van der Waals surface area contributed by atoms with Crippen LogP contribution in [0, 0.1) is 11.1 Å². The van der Waals surface area contributed by atoms with E-state index in [0.717, 1.165) is 24.5 Å². The van der Waals surface area contributed by atoms with Crippen molar-refractivity contribution in [2.45, 2.75) is 19.1 Å². The number of hydrogen-bond donors (Lipinski definition) is 0. The summed E-state index contributed by atoms with van der Waals surface area (Å²) in [7, 11) is 0. The van der Waals surface area contributed by atoms with Gasteiger partial charge in [0, 0.05) is 12.5 Å². The van der Waals surface area contributed by atoms with Crippen LogP contribution in [-0.4, -0.2) is 24.4 Å². The van der Waals surface area contributed by atoms with Gasteiger partial charge in [0.15, 0.2) is 0 Å². The summed E-state index contributed by atoms with van der Waals surface area (Å²) < 4.78 is 5.20. The van der Waals surface area contributed by atoms with Crippen molar-refractivity contribution in [3.63, 3.8) is 0 Å². The molecule has 3 nitrogen and oxygen atoms in total. The standard InChI is InChI=1S/C6H10NO2/c8-7-3-1-5-2-4-9-6(5)7/h5-6H,1-4H2/q-1. The summed E-state index contributed by atoms with van der Waals surface area (Å²) in [5.41, 5.74) is 0. The van der Waals surface area contributed by atoms with Crippen molar-refractivity contribution in [2.24, 2.45) is 5.92 Å². The molecule has 0 aromatic carbocycles. The molecule has 2 atom stereocenters. The van der Waals surface area contributed by atoms with Crippen LogP contribution in [0.5, 0.6) is 0 Å². The number of nitrogens with zero attached hydrogens (tertiary/aromatic N) is 1. The third kappa shape index (κ3) is 0.764. The van der Waals surface area contributed by atoms with Gasteiger partial charge in [-0.05, 0) is 19.4 Å². The van der Waals surface area contributed by atoms with Crippen LogP contribution in [0.3, 0.4) is 0 Å². The van der Waals surface area contributed by atoms with Crippen LogP contribution >= 0.6 is 0 Å². The Bertz CT molecular complexity index is 118. The van der Waals surface area contributed by atoms with Crippen molar-refractivity contribution in [1.82, 2.24) is 5.06 Å². The van der Waals surface area contributed by atoms with Gasteiger partial charge in [0.25, 0.3) is 0 Å². The second kappa shape index (κ2) is 1.94. The summed E-state index contributed by atoms with van der Waals surface area (Å²) in [5, 5.41) is 11.9. The average molecular weight is 128 g/mol. The second-order valence-corrected chi connectivity index (χ2v) is 2.74. The van der Waals surface area contributed by atoms with Crippen molar-refractivity contribution in [3.05, 3.63) is 5.21 Å². The highest BCUT2D eigenvalue weighted by atomic mass is 16.6. The highest BCUT2D eigenvalue weighted by molar-refractivity contribution is 4.84. The number of hydroxylamine groups is 2. The molecule has 2 fully saturated rings. The van der Waals surface area contributed by atoms with Gasteiger partial charge in [0.2, 0.25) is 0 Å². The Morgan fingerprint density at radius 3 is 3.11 bits per heavy atom. The summed E-state index contributed by atoms with van der Waals surface area (Å²) in [6, 6.07) is 0. The highest BCUT2D eigenvalue weighted by Gasteiger charge is 2.33. The first kappa shape index (κ1) is 5.65. The Labute approximate surface area is 54.2 Å². The van der Waals surface area contributed by atoms with Gasteiger partial charge in [-0.15, -0.1) is 0 Å². The fraction of sp³-hybridized carbons (Fsp3) is 1.00. The summed E-state index contributed by atoms with van der Waals surface area (Å²) in [6.07, 6.45) is 2.04. The number of ether oxygens (including phenoxy) is 1. The van der Waals surface area contributed by atoms with Crippen LogP contribution in [0.4, 0.5) is 0 Å². The first-order chi connectivity index (χ1) is 4.38. The normalized spacial score (nSPS) is 43.7. The molecule has 2 aliphatic heterocycles. The van der Waals surface area contributed by atoms with Crippen LogP contribution < -0.4 is 0 Å². The van der Waals surface area contributed by atoms with Gasteiger partial charge in [-0.25, -0.2) is 0 Å². The predicted molar refractivity (Wildman–Crippen MR) is 32.5 cm³/mol. The largest absolute Gasteiger partial charge is 0.783 e. The smallest absolute Gasteiger partial charge is 0.102 e. The van der Waals surface area contributed by atoms with Gasteiger partial charge < -0.3 is 15.0 Å². The summed E-state index contributed by atoms with van der Waals surface area (Å²) >= 11 is 0. The van der Waals surface area contributed by atoms with E-state index in [9.17, 15) is 5.21 Å². The quantitative estimate of drug-likeness (QED) is 0.478. The number of fused-ring (bicyclic) bond motifs is 1. The fourth-order valence-corrected chi connectivity index (χ4v) is 1.64. The van der Waals surface area contributed by atoms with Gasteiger partial charge >= 0.3 is 0 Å². The Balaban J connectivity index is 2.07. The van der Waals surface area contributed by atoms with E-state index in [4.69, 9.17) is 4.74 Å². The molecule has 2 heterocycles. The molecule has 0 saturated carbocycles. The van der Waals surface area contributed by atoms with E-state index in [2.05, 4.69) is 0 Å². The maximum atomic E-state index is 10.8. The van der Waals surface area contributed by atoms with Gasteiger partial charge in [-0.1, -0.05) is 0 Å². The minimum atomic E-state index is -0.0787. The van der Waals surface area contributed by atoms with E-state index in [1.54, 1.807) is 0 Å². The third-order valence-corrected chi connectivity index (χ3v) is 2.18. The molecular weight excluding hydrogens is 118 g/mol. The Hall–Kier alpha value is -0.120. The summed E-state index contributed by atoms with van der Waals surface area (Å²) in [6.45, 7) is 1.46. The monoisotopic (exact) mass is 128 g/mol. The van der Waals surface area contributed by atoms with Crippen molar-refractivity contribution >= 4 is 0 Å². The molecule has 52 valence electrons. The Kier molecular flexibility index (Phi) is 1.22. The second-order valence-electron chi connectivity index (χ2n) is 2.74. The lowest BCUT2D eigenvalue weighted by Gasteiger charge is -2.28. The van der Waals surface area contributed by atoms with E-state index < -0.39 is 0 Å². The maximum Gasteiger partial charge on any atom is 0.102 e. The van der Waals surface area contributed by atoms with Crippen molar-refractivity contribution in [1.29, 1.82) is 0 Å². The molecule has 2 rings (SSSR count). The molecular formula is C6H10NO2-. The zero-order chi connectivity index (χ0) is 6.27. The number of rotatable bonds is 0. The average Bonchev–Trinajstić information content (AvgIpc) is 2.35. The minimum Gasteiger partial charge on any atom is -0.783 e. The molecule has 0 amide bonds. The van der Waals surface area contributed by atoms with E-state index >= 15 is 0 Å². The lowest BCUT2D eigenvalue weighted by molar-refractivity contribution is 0.0184. The van der Waals surface area contributed by atoms with Crippen LogP contribution in [0.25, 0.3) is 0 Å². The van der Waals surface area contributed by atoms with Crippen LogP contribution in [0.2, 0.25) is 0 Å². The SMILES string of the molecule is [O-]N1CCC2CCOC21. The lowest BCUT2D eigenvalue weighted by atomic mass is 10.1. The molecule has 0 N–H and O–H groups in total. The van der Waals surface area contributed by atoms with Gasteiger partial charge in [-0.3, -0.25) is 0 Å². The zero-order valence-corrected chi connectivity index (χ0v) is 5.25. The summed E-state index contributed by atoms with van der Waals surface area (Å²) in [5.74, 6) is 0.544. The van der Waals surface area contributed by atoms with Crippen LogP contribution in [0.1, 0.15) is 12.8 Å². The Morgan fingerprint density at radius 1 is 1.44 bits per heavy atom. The molecule has 0 spiro atoms. The first-order valence-electron chi connectivity index (χ1n) is 3.43. The van der Waals surface area contributed by atoms with Crippen molar-refractivity contribution < 1.29 is 4.74 Å². The van der Waals surface area contributed by atoms with E-state index in [1.165, 1.54) is 0 Å².